The molecule has 24 heavy (non-hydrogen) atoms. The number of anilines is 2. The van der Waals surface area contributed by atoms with Gasteiger partial charge in [0.1, 0.15) is 11.7 Å². The summed E-state index contributed by atoms with van der Waals surface area (Å²) in [6.07, 6.45) is 1.77. The molecule has 0 unspecified atom stereocenters. The highest BCUT2D eigenvalue weighted by molar-refractivity contribution is 6.29. The van der Waals surface area contributed by atoms with E-state index in [1.54, 1.807) is 24.4 Å². The van der Waals surface area contributed by atoms with Crippen LogP contribution in [0.25, 0.3) is 0 Å². The summed E-state index contributed by atoms with van der Waals surface area (Å²) in [5.41, 5.74) is 2.47. The van der Waals surface area contributed by atoms with Gasteiger partial charge in [0.15, 0.2) is 0 Å². The van der Waals surface area contributed by atoms with Gasteiger partial charge in [0.2, 0.25) is 5.91 Å². The van der Waals surface area contributed by atoms with Crippen molar-refractivity contribution in [3.8, 4) is 0 Å². The molecule has 0 aliphatic carbocycles. The molecule has 7 nitrogen and oxygen atoms in total. The number of ether oxygens (including phenoxy) is 1. The second-order valence-corrected chi connectivity index (χ2v) is 5.41. The summed E-state index contributed by atoms with van der Waals surface area (Å²) < 4.78 is 6.68. The van der Waals surface area contributed by atoms with Crippen molar-refractivity contribution >= 4 is 34.9 Å². The van der Waals surface area contributed by atoms with Crippen LogP contribution in [0.3, 0.4) is 0 Å². The monoisotopic (exact) mass is 350 g/mol. The third-order valence-corrected chi connectivity index (χ3v) is 3.86. The molecule has 2 N–H and O–H groups in total. The Morgan fingerprint density at radius 2 is 2.08 bits per heavy atom. The molecule has 1 amide bonds. The van der Waals surface area contributed by atoms with Gasteiger partial charge in [-0.3, -0.25) is 4.79 Å². The molecule has 0 radical (unpaired) electrons. The predicted octanol–water partition coefficient (Wildman–Crippen LogP) is 2.30. The summed E-state index contributed by atoms with van der Waals surface area (Å²) in [6, 6.07) is 4.83. The number of amides is 1. The first kappa shape index (κ1) is 17.8. The Bertz CT molecular complexity index is 758. The molecule has 128 valence electrons. The van der Waals surface area contributed by atoms with E-state index in [9.17, 15) is 9.59 Å². The van der Waals surface area contributed by atoms with Crippen LogP contribution in [0.15, 0.2) is 24.4 Å². The van der Waals surface area contributed by atoms with Crippen molar-refractivity contribution in [2.45, 2.75) is 13.5 Å². The minimum absolute atomic E-state index is 0.154. The van der Waals surface area contributed by atoms with Crippen LogP contribution in [-0.4, -0.2) is 34.4 Å². The van der Waals surface area contributed by atoms with Crippen molar-refractivity contribution < 1.29 is 14.3 Å². The number of benzene rings is 1. The summed E-state index contributed by atoms with van der Waals surface area (Å²) in [4.78, 5) is 27.5. The van der Waals surface area contributed by atoms with Gasteiger partial charge in [0, 0.05) is 7.05 Å². The van der Waals surface area contributed by atoms with Crippen molar-refractivity contribution in [1.29, 1.82) is 0 Å². The summed E-state index contributed by atoms with van der Waals surface area (Å²) in [6.45, 7) is 2.39. The number of methoxy groups -OCH3 is 1. The van der Waals surface area contributed by atoms with E-state index in [-0.39, 0.29) is 11.8 Å². The predicted molar refractivity (Wildman–Crippen MR) is 92.4 cm³/mol. The van der Waals surface area contributed by atoms with Crippen LogP contribution in [0.2, 0.25) is 0 Å². The van der Waals surface area contributed by atoms with Crippen molar-refractivity contribution in [1.82, 2.24) is 9.55 Å². The SMILES string of the molecule is COC(=O)c1ccc(NC(=O)CCl)c(NCc2cnc(C)n2C)c1. The molecule has 0 bridgehead atoms. The van der Waals surface area contributed by atoms with Gasteiger partial charge >= 0.3 is 5.97 Å². The minimum Gasteiger partial charge on any atom is -0.465 e. The Morgan fingerprint density at radius 3 is 2.67 bits per heavy atom. The average Bonchev–Trinajstić information content (AvgIpc) is 2.91. The zero-order chi connectivity index (χ0) is 17.7. The van der Waals surface area contributed by atoms with E-state index in [2.05, 4.69) is 15.6 Å². The van der Waals surface area contributed by atoms with E-state index < -0.39 is 5.97 Å². The third kappa shape index (κ3) is 4.05. The van der Waals surface area contributed by atoms with Crippen LogP contribution in [0.5, 0.6) is 0 Å². The molecule has 0 aliphatic heterocycles. The second kappa shape index (κ2) is 7.83. The van der Waals surface area contributed by atoms with Gasteiger partial charge in [0.05, 0.1) is 42.5 Å². The molecule has 2 rings (SSSR count). The topological polar surface area (TPSA) is 85.2 Å². The fourth-order valence-electron chi connectivity index (χ4n) is 2.13. The molecule has 0 aliphatic rings. The highest BCUT2D eigenvalue weighted by atomic mass is 35.5. The molecule has 1 aromatic heterocycles. The fourth-order valence-corrected chi connectivity index (χ4v) is 2.19. The van der Waals surface area contributed by atoms with Gasteiger partial charge in [-0.2, -0.15) is 0 Å². The zero-order valence-electron chi connectivity index (χ0n) is 13.7. The number of alkyl halides is 1. The lowest BCUT2D eigenvalue weighted by molar-refractivity contribution is -0.113. The quantitative estimate of drug-likeness (QED) is 0.616. The molecule has 0 spiro atoms. The lowest BCUT2D eigenvalue weighted by Gasteiger charge is -2.14. The number of nitrogens with zero attached hydrogens (tertiary/aromatic N) is 2. The Labute approximate surface area is 145 Å². The molecular weight excluding hydrogens is 332 g/mol. The highest BCUT2D eigenvalue weighted by Gasteiger charge is 2.12. The molecule has 1 aromatic carbocycles. The number of hydrogen-bond donors (Lipinski definition) is 2. The average molecular weight is 351 g/mol. The van der Waals surface area contributed by atoms with Crippen molar-refractivity contribution in [3.63, 3.8) is 0 Å². The molecule has 0 atom stereocenters. The Balaban J connectivity index is 2.27. The normalized spacial score (nSPS) is 10.3. The van der Waals surface area contributed by atoms with Gasteiger partial charge in [-0.05, 0) is 25.1 Å². The Hall–Kier alpha value is -2.54. The van der Waals surface area contributed by atoms with Crippen molar-refractivity contribution in [3.05, 3.63) is 41.5 Å². The van der Waals surface area contributed by atoms with Crippen LogP contribution >= 0.6 is 11.6 Å². The summed E-state index contributed by atoms with van der Waals surface area (Å²) in [5, 5.41) is 5.90. The molecule has 8 heteroatoms. The van der Waals surface area contributed by atoms with Gasteiger partial charge in [-0.1, -0.05) is 0 Å². The van der Waals surface area contributed by atoms with Crippen molar-refractivity contribution in [2.75, 3.05) is 23.6 Å². The van der Waals surface area contributed by atoms with Crippen LogP contribution < -0.4 is 10.6 Å². The first-order valence-corrected chi connectivity index (χ1v) is 7.79. The van der Waals surface area contributed by atoms with Crippen LogP contribution in [-0.2, 0) is 23.1 Å². The van der Waals surface area contributed by atoms with Crippen LogP contribution in [0.1, 0.15) is 21.9 Å². The summed E-state index contributed by atoms with van der Waals surface area (Å²) >= 11 is 5.54. The van der Waals surface area contributed by atoms with Gasteiger partial charge < -0.3 is 19.9 Å². The Kier molecular flexibility index (Phi) is 5.81. The standard InChI is InChI=1S/C16H19ClN4O3/c1-10-18-8-12(21(10)2)9-19-14-6-11(16(23)24-3)4-5-13(14)20-15(22)7-17/h4-6,8,19H,7,9H2,1-3H3,(H,20,22). The Morgan fingerprint density at radius 1 is 1.33 bits per heavy atom. The lowest BCUT2D eigenvalue weighted by atomic mass is 10.1. The maximum atomic E-state index is 11.7. The number of aromatic nitrogens is 2. The molecule has 2 aromatic rings. The molecule has 1 heterocycles. The lowest BCUT2D eigenvalue weighted by Crippen LogP contribution is -2.15. The first-order chi connectivity index (χ1) is 11.5. The van der Waals surface area contributed by atoms with Crippen LogP contribution in [0.4, 0.5) is 11.4 Å². The number of carbonyl (C=O) groups is 2. The molecule has 0 saturated heterocycles. The smallest absolute Gasteiger partial charge is 0.337 e. The maximum absolute atomic E-state index is 11.7. The number of hydrogen-bond acceptors (Lipinski definition) is 5. The zero-order valence-corrected chi connectivity index (χ0v) is 14.5. The largest absolute Gasteiger partial charge is 0.465 e. The number of aryl methyl sites for hydroxylation is 1. The van der Waals surface area contributed by atoms with Gasteiger partial charge in [-0.15, -0.1) is 11.6 Å². The van der Waals surface area contributed by atoms with E-state index in [1.807, 2.05) is 18.5 Å². The molecular formula is C16H19ClN4O3. The van der Waals surface area contributed by atoms with Gasteiger partial charge in [0.25, 0.3) is 0 Å². The molecule has 0 saturated carbocycles. The highest BCUT2D eigenvalue weighted by Crippen LogP contribution is 2.24. The third-order valence-electron chi connectivity index (χ3n) is 3.61. The number of rotatable bonds is 6. The summed E-state index contributed by atoms with van der Waals surface area (Å²) in [7, 11) is 3.23. The molecule has 0 fully saturated rings. The number of halogens is 1. The fraction of sp³-hybridized carbons (Fsp3) is 0.312. The second-order valence-electron chi connectivity index (χ2n) is 5.14. The van der Waals surface area contributed by atoms with Crippen molar-refractivity contribution in [2.24, 2.45) is 7.05 Å². The maximum Gasteiger partial charge on any atom is 0.337 e. The number of carbonyl (C=O) groups excluding carboxylic acids is 2. The first-order valence-electron chi connectivity index (χ1n) is 7.25. The van der Waals surface area contributed by atoms with Crippen LogP contribution in [0, 0.1) is 6.92 Å². The van der Waals surface area contributed by atoms with E-state index in [4.69, 9.17) is 16.3 Å². The van der Waals surface area contributed by atoms with Gasteiger partial charge in [-0.25, -0.2) is 9.78 Å². The number of imidazole rings is 1. The van der Waals surface area contributed by atoms with E-state index in [0.29, 0.717) is 23.5 Å². The van der Waals surface area contributed by atoms with E-state index in [1.165, 1.54) is 7.11 Å². The number of esters is 1. The summed E-state index contributed by atoms with van der Waals surface area (Å²) in [5.74, 6) is -0.0450. The van der Waals surface area contributed by atoms with E-state index >= 15 is 0 Å². The number of nitrogens with one attached hydrogen (secondary N) is 2. The minimum atomic E-state index is -0.454. The van der Waals surface area contributed by atoms with E-state index in [0.717, 1.165) is 11.5 Å².